The largest absolute Gasteiger partial charge is 0.493 e. The van der Waals surface area contributed by atoms with Crippen molar-refractivity contribution in [1.29, 1.82) is 0 Å². The fourth-order valence-corrected chi connectivity index (χ4v) is 3.54. The minimum Gasteiger partial charge on any atom is -0.493 e. The molecular formula is C24H17BrINO4. The van der Waals surface area contributed by atoms with E-state index in [1.54, 1.807) is 19.3 Å². The third-order valence-electron chi connectivity index (χ3n) is 4.51. The lowest BCUT2D eigenvalue weighted by atomic mass is 10.1. The zero-order valence-electron chi connectivity index (χ0n) is 16.5. The molecule has 0 fully saturated rings. The summed E-state index contributed by atoms with van der Waals surface area (Å²) in [4.78, 5) is 16.6. The lowest BCUT2D eigenvalue weighted by molar-refractivity contribution is -0.129. The maximum absolute atomic E-state index is 12.3. The number of methoxy groups -OCH3 is 1. The molecule has 3 aromatic rings. The number of carbonyl (C=O) groups excluding carboxylic acids is 1. The molecular weight excluding hydrogens is 573 g/mol. The molecule has 156 valence electrons. The molecule has 31 heavy (non-hydrogen) atoms. The number of esters is 1. The van der Waals surface area contributed by atoms with E-state index in [0.717, 1.165) is 21.2 Å². The Hall–Kier alpha value is -2.65. The van der Waals surface area contributed by atoms with Gasteiger partial charge in [-0.3, -0.25) is 0 Å². The van der Waals surface area contributed by atoms with E-state index in [2.05, 4.69) is 43.5 Å². The summed E-state index contributed by atoms with van der Waals surface area (Å²) in [5.74, 6) is 0.990. The standard InChI is InChI=1S/C24H17BrINO4/c1-29-22-13-16(4-11-21(22)30-14-15-2-9-19(26)10-3-15)12-20-24(28)31-23(27-20)17-5-7-18(25)8-6-17/h2-13H,14H2,1H3/b20-12-. The number of benzene rings is 3. The highest BCUT2D eigenvalue weighted by molar-refractivity contribution is 14.1. The van der Waals surface area contributed by atoms with Crippen LogP contribution in [0, 0.1) is 3.57 Å². The Labute approximate surface area is 202 Å². The Morgan fingerprint density at radius 2 is 1.77 bits per heavy atom. The van der Waals surface area contributed by atoms with Crippen LogP contribution in [-0.4, -0.2) is 19.0 Å². The molecule has 7 heteroatoms. The Balaban J connectivity index is 1.52. The Bertz CT molecular complexity index is 1170. The summed E-state index contributed by atoms with van der Waals surface area (Å²) >= 11 is 5.66. The number of carbonyl (C=O) groups is 1. The highest BCUT2D eigenvalue weighted by Gasteiger charge is 2.24. The molecule has 0 spiro atoms. The summed E-state index contributed by atoms with van der Waals surface area (Å²) < 4.78 is 18.8. The van der Waals surface area contributed by atoms with E-state index in [1.807, 2.05) is 60.7 Å². The smallest absolute Gasteiger partial charge is 0.363 e. The fraction of sp³-hybridized carbons (Fsp3) is 0.0833. The summed E-state index contributed by atoms with van der Waals surface area (Å²) in [6.07, 6.45) is 1.67. The molecule has 3 aromatic carbocycles. The van der Waals surface area contributed by atoms with Crippen molar-refractivity contribution in [3.63, 3.8) is 0 Å². The first-order valence-corrected chi connectivity index (χ1v) is 11.2. The molecule has 0 aromatic heterocycles. The normalized spacial score (nSPS) is 14.4. The second kappa shape index (κ2) is 9.65. The van der Waals surface area contributed by atoms with Crippen molar-refractivity contribution >= 4 is 56.5 Å². The second-order valence-corrected chi connectivity index (χ2v) is 8.83. The minimum atomic E-state index is -0.490. The van der Waals surface area contributed by atoms with Gasteiger partial charge in [-0.15, -0.1) is 0 Å². The topological polar surface area (TPSA) is 57.1 Å². The molecule has 0 bridgehead atoms. The number of ether oxygens (including phenoxy) is 3. The van der Waals surface area contributed by atoms with Gasteiger partial charge in [0.05, 0.1) is 7.11 Å². The number of hydrogen-bond donors (Lipinski definition) is 0. The number of hydrogen-bond acceptors (Lipinski definition) is 5. The zero-order valence-corrected chi connectivity index (χ0v) is 20.2. The third-order valence-corrected chi connectivity index (χ3v) is 5.76. The summed E-state index contributed by atoms with van der Waals surface area (Å²) in [5, 5.41) is 0. The average molecular weight is 590 g/mol. The molecule has 0 N–H and O–H groups in total. The van der Waals surface area contributed by atoms with E-state index in [-0.39, 0.29) is 11.6 Å². The molecule has 4 rings (SSSR count). The van der Waals surface area contributed by atoms with Gasteiger partial charge in [-0.05, 0) is 88.3 Å². The summed E-state index contributed by atoms with van der Waals surface area (Å²) in [5.41, 5.74) is 2.79. The summed E-state index contributed by atoms with van der Waals surface area (Å²) in [6, 6.07) is 21.0. The molecule has 0 amide bonds. The first-order valence-electron chi connectivity index (χ1n) is 9.35. The van der Waals surface area contributed by atoms with Gasteiger partial charge in [0.1, 0.15) is 6.61 Å². The molecule has 0 saturated heterocycles. The SMILES string of the molecule is COc1cc(/C=C2\N=C(c3ccc(Br)cc3)OC2=O)ccc1OCc1ccc(I)cc1. The van der Waals surface area contributed by atoms with Crippen LogP contribution >= 0.6 is 38.5 Å². The van der Waals surface area contributed by atoms with Gasteiger partial charge >= 0.3 is 5.97 Å². The van der Waals surface area contributed by atoms with Crippen molar-refractivity contribution < 1.29 is 19.0 Å². The van der Waals surface area contributed by atoms with Gasteiger partial charge in [0, 0.05) is 13.6 Å². The Morgan fingerprint density at radius 1 is 1.03 bits per heavy atom. The predicted octanol–water partition coefficient (Wildman–Crippen LogP) is 5.99. The Morgan fingerprint density at radius 3 is 2.48 bits per heavy atom. The van der Waals surface area contributed by atoms with Crippen molar-refractivity contribution in [3.05, 3.63) is 97.2 Å². The van der Waals surface area contributed by atoms with Gasteiger partial charge in [-0.2, -0.15) is 0 Å². The van der Waals surface area contributed by atoms with Gasteiger partial charge < -0.3 is 14.2 Å². The molecule has 0 saturated carbocycles. The van der Waals surface area contributed by atoms with E-state index in [0.29, 0.717) is 18.1 Å². The van der Waals surface area contributed by atoms with E-state index in [9.17, 15) is 4.79 Å². The first-order chi connectivity index (χ1) is 15.0. The number of cyclic esters (lactones) is 1. The van der Waals surface area contributed by atoms with Crippen molar-refractivity contribution in [2.75, 3.05) is 7.11 Å². The first kappa shape index (κ1) is 21.6. The average Bonchev–Trinajstić information content (AvgIpc) is 3.14. The maximum atomic E-state index is 12.3. The van der Waals surface area contributed by atoms with Crippen LogP contribution in [0.15, 0.2) is 81.9 Å². The van der Waals surface area contributed by atoms with Crippen LogP contribution in [0.5, 0.6) is 11.5 Å². The van der Waals surface area contributed by atoms with Crippen LogP contribution < -0.4 is 9.47 Å². The number of halogens is 2. The molecule has 0 unspecified atom stereocenters. The van der Waals surface area contributed by atoms with Crippen LogP contribution in [0.1, 0.15) is 16.7 Å². The fourth-order valence-electron chi connectivity index (χ4n) is 2.92. The van der Waals surface area contributed by atoms with Crippen molar-refractivity contribution in [2.45, 2.75) is 6.61 Å². The molecule has 1 aliphatic heterocycles. The van der Waals surface area contributed by atoms with Gasteiger partial charge in [0.25, 0.3) is 0 Å². The van der Waals surface area contributed by atoms with E-state index >= 15 is 0 Å². The lowest BCUT2D eigenvalue weighted by Gasteiger charge is -2.11. The van der Waals surface area contributed by atoms with Gasteiger partial charge in [0.2, 0.25) is 5.90 Å². The van der Waals surface area contributed by atoms with Crippen LogP contribution in [0.3, 0.4) is 0 Å². The Kier molecular flexibility index (Phi) is 6.72. The lowest BCUT2D eigenvalue weighted by Crippen LogP contribution is -2.05. The molecule has 1 heterocycles. The van der Waals surface area contributed by atoms with Gasteiger partial charge in [-0.25, -0.2) is 9.79 Å². The summed E-state index contributed by atoms with van der Waals surface area (Å²) in [7, 11) is 1.58. The van der Waals surface area contributed by atoms with Gasteiger partial charge in [-0.1, -0.05) is 34.1 Å². The van der Waals surface area contributed by atoms with Gasteiger partial charge in [0.15, 0.2) is 17.2 Å². The van der Waals surface area contributed by atoms with Crippen LogP contribution in [-0.2, 0) is 16.1 Å². The molecule has 1 aliphatic rings. The molecule has 5 nitrogen and oxygen atoms in total. The van der Waals surface area contributed by atoms with Crippen molar-refractivity contribution in [2.24, 2.45) is 4.99 Å². The number of nitrogens with zero attached hydrogens (tertiary/aromatic N) is 1. The minimum absolute atomic E-state index is 0.229. The maximum Gasteiger partial charge on any atom is 0.363 e. The highest BCUT2D eigenvalue weighted by Crippen LogP contribution is 2.30. The third kappa shape index (κ3) is 5.34. The van der Waals surface area contributed by atoms with E-state index in [1.165, 1.54) is 3.57 Å². The van der Waals surface area contributed by atoms with Crippen LogP contribution in [0.25, 0.3) is 6.08 Å². The van der Waals surface area contributed by atoms with Crippen LogP contribution in [0.2, 0.25) is 0 Å². The molecule has 0 atom stereocenters. The second-order valence-electron chi connectivity index (χ2n) is 6.67. The quantitative estimate of drug-likeness (QED) is 0.201. The predicted molar refractivity (Wildman–Crippen MR) is 131 cm³/mol. The van der Waals surface area contributed by atoms with Crippen molar-refractivity contribution in [1.82, 2.24) is 0 Å². The molecule has 0 aliphatic carbocycles. The van der Waals surface area contributed by atoms with Crippen LogP contribution in [0.4, 0.5) is 0 Å². The van der Waals surface area contributed by atoms with E-state index in [4.69, 9.17) is 14.2 Å². The zero-order chi connectivity index (χ0) is 21.8. The number of rotatable bonds is 6. The monoisotopic (exact) mass is 589 g/mol. The summed E-state index contributed by atoms with van der Waals surface area (Å²) in [6.45, 7) is 0.431. The number of aliphatic imine (C=N–C) groups is 1. The molecule has 0 radical (unpaired) electrons. The van der Waals surface area contributed by atoms with E-state index < -0.39 is 5.97 Å². The highest BCUT2D eigenvalue weighted by atomic mass is 127. The van der Waals surface area contributed by atoms with Crippen molar-refractivity contribution in [3.8, 4) is 11.5 Å².